The van der Waals surface area contributed by atoms with Crippen molar-refractivity contribution in [3.63, 3.8) is 0 Å². The summed E-state index contributed by atoms with van der Waals surface area (Å²) in [5.41, 5.74) is 8.46. The third-order valence-electron chi connectivity index (χ3n) is 2.88. The van der Waals surface area contributed by atoms with Gasteiger partial charge in [-0.2, -0.15) is 0 Å². The fourth-order valence-electron chi connectivity index (χ4n) is 1.74. The normalized spacial score (nSPS) is 10.5. The van der Waals surface area contributed by atoms with Crippen LogP contribution in [0, 0.1) is 13.8 Å². The highest BCUT2D eigenvalue weighted by Gasteiger charge is 2.14. The van der Waals surface area contributed by atoms with Gasteiger partial charge in [0.05, 0.1) is 15.7 Å². The SMILES string of the molecule is Cc1noc(C)c1CNC(=O)c1cccc(N)c1Br. The number of anilines is 1. The van der Waals surface area contributed by atoms with Crippen LogP contribution in [0.4, 0.5) is 5.69 Å². The number of benzene rings is 1. The number of nitrogens with one attached hydrogen (secondary N) is 1. The van der Waals surface area contributed by atoms with Crippen LogP contribution in [-0.2, 0) is 6.54 Å². The van der Waals surface area contributed by atoms with E-state index in [0.717, 1.165) is 11.3 Å². The molecule has 0 saturated carbocycles. The Labute approximate surface area is 119 Å². The molecule has 0 radical (unpaired) electrons. The monoisotopic (exact) mass is 323 g/mol. The van der Waals surface area contributed by atoms with E-state index in [1.165, 1.54) is 0 Å². The van der Waals surface area contributed by atoms with Crippen molar-refractivity contribution in [1.82, 2.24) is 10.5 Å². The summed E-state index contributed by atoms with van der Waals surface area (Å²) in [5.74, 6) is 0.517. The highest BCUT2D eigenvalue weighted by Crippen LogP contribution is 2.23. The first-order chi connectivity index (χ1) is 9.00. The van der Waals surface area contributed by atoms with Crippen molar-refractivity contribution in [3.05, 3.63) is 45.3 Å². The van der Waals surface area contributed by atoms with Crippen molar-refractivity contribution < 1.29 is 9.32 Å². The van der Waals surface area contributed by atoms with Gasteiger partial charge in [-0.05, 0) is 41.9 Å². The van der Waals surface area contributed by atoms with Crippen LogP contribution in [0.1, 0.15) is 27.4 Å². The van der Waals surface area contributed by atoms with Gasteiger partial charge < -0.3 is 15.6 Å². The van der Waals surface area contributed by atoms with Gasteiger partial charge >= 0.3 is 0 Å². The van der Waals surface area contributed by atoms with Crippen molar-refractivity contribution in [2.45, 2.75) is 20.4 Å². The zero-order valence-electron chi connectivity index (χ0n) is 10.7. The van der Waals surface area contributed by atoms with E-state index in [9.17, 15) is 4.79 Å². The zero-order valence-corrected chi connectivity index (χ0v) is 12.2. The number of rotatable bonds is 3. The number of aromatic nitrogens is 1. The van der Waals surface area contributed by atoms with Gasteiger partial charge in [-0.3, -0.25) is 4.79 Å². The number of carbonyl (C=O) groups is 1. The highest BCUT2D eigenvalue weighted by atomic mass is 79.9. The third-order valence-corrected chi connectivity index (χ3v) is 3.77. The minimum absolute atomic E-state index is 0.195. The van der Waals surface area contributed by atoms with Crippen molar-refractivity contribution in [3.8, 4) is 0 Å². The van der Waals surface area contributed by atoms with Gasteiger partial charge in [-0.25, -0.2) is 0 Å². The van der Waals surface area contributed by atoms with Crippen LogP contribution in [0.2, 0.25) is 0 Å². The number of hydrogen-bond donors (Lipinski definition) is 2. The van der Waals surface area contributed by atoms with E-state index in [1.807, 2.05) is 13.8 Å². The lowest BCUT2D eigenvalue weighted by Crippen LogP contribution is -2.23. The second-order valence-corrected chi connectivity index (χ2v) is 4.99. The van der Waals surface area contributed by atoms with Crippen LogP contribution in [0.25, 0.3) is 0 Å². The molecule has 0 aliphatic heterocycles. The Kier molecular flexibility index (Phi) is 3.90. The molecule has 0 fully saturated rings. The number of aryl methyl sites for hydroxylation is 2. The van der Waals surface area contributed by atoms with Gasteiger partial charge in [0.25, 0.3) is 5.91 Å². The zero-order chi connectivity index (χ0) is 14.0. The minimum atomic E-state index is -0.195. The summed E-state index contributed by atoms with van der Waals surface area (Å²) in [6.45, 7) is 4.04. The number of nitrogens with zero attached hydrogens (tertiary/aromatic N) is 1. The van der Waals surface area contributed by atoms with Crippen LogP contribution in [0.15, 0.2) is 27.2 Å². The van der Waals surface area contributed by atoms with Crippen molar-refractivity contribution in [1.29, 1.82) is 0 Å². The van der Waals surface area contributed by atoms with Crippen molar-refractivity contribution >= 4 is 27.5 Å². The molecular weight excluding hydrogens is 310 g/mol. The van der Waals surface area contributed by atoms with Gasteiger partial charge in [0, 0.05) is 17.8 Å². The van der Waals surface area contributed by atoms with Crippen molar-refractivity contribution in [2.75, 3.05) is 5.73 Å². The molecular formula is C13H14BrN3O2. The van der Waals surface area contributed by atoms with Crippen LogP contribution in [0.5, 0.6) is 0 Å². The fraction of sp³-hybridized carbons (Fsp3) is 0.231. The second kappa shape index (κ2) is 5.44. The predicted molar refractivity (Wildman–Crippen MR) is 75.7 cm³/mol. The molecule has 0 saturated heterocycles. The molecule has 6 heteroatoms. The molecule has 1 amide bonds. The average molecular weight is 324 g/mol. The lowest BCUT2D eigenvalue weighted by Gasteiger charge is -2.08. The third kappa shape index (κ3) is 2.78. The van der Waals surface area contributed by atoms with Gasteiger partial charge in [0.2, 0.25) is 0 Å². The Bertz CT molecular complexity index is 603. The quantitative estimate of drug-likeness (QED) is 0.850. The van der Waals surface area contributed by atoms with Crippen molar-refractivity contribution in [2.24, 2.45) is 0 Å². The maximum atomic E-state index is 12.1. The average Bonchev–Trinajstić information content (AvgIpc) is 2.70. The molecule has 0 spiro atoms. The molecule has 0 atom stereocenters. The topological polar surface area (TPSA) is 81.2 Å². The lowest BCUT2D eigenvalue weighted by atomic mass is 10.1. The van der Waals surface area contributed by atoms with E-state index in [0.29, 0.717) is 28.0 Å². The van der Waals surface area contributed by atoms with E-state index in [2.05, 4.69) is 26.4 Å². The molecule has 100 valence electrons. The Balaban J connectivity index is 2.12. The molecule has 2 rings (SSSR count). The van der Waals surface area contributed by atoms with E-state index in [-0.39, 0.29) is 5.91 Å². The molecule has 5 nitrogen and oxygen atoms in total. The predicted octanol–water partition coefficient (Wildman–Crippen LogP) is 2.57. The number of halogens is 1. The molecule has 0 aliphatic carbocycles. The maximum absolute atomic E-state index is 12.1. The Hall–Kier alpha value is -1.82. The van der Waals surface area contributed by atoms with Crippen LogP contribution in [-0.4, -0.2) is 11.1 Å². The molecule has 2 aromatic rings. The molecule has 1 aromatic carbocycles. The summed E-state index contributed by atoms with van der Waals surface area (Å²) in [5, 5.41) is 6.67. The summed E-state index contributed by atoms with van der Waals surface area (Å²) in [4.78, 5) is 12.1. The number of carbonyl (C=O) groups excluding carboxylic acids is 1. The largest absolute Gasteiger partial charge is 0.398 e. The first-order valence-corrected chi connectivity index (χ1v) is 6.54. The molecule has 19 heavy (non-hydrogen) atoms. The Morgan fingerprint density at radius 3 is 2.84 bits per heavy atom. The molecule has 1 heterocycles. The maximum Gasteiger partial charge on any atom is 0.252 e. The van der Waals surface area contributed by atoms with Gasteiger partial charge in [-0.15, -0.1) is 0 Å². The van der Waals surface area contributed by atoms with E-state index in [1.54, 1.807) is 18.2 Å². The summed E-state index contributed by atoms with van der Waals surface area (Å²) in [6.07, 6.45) is 0. The van der Waals surface area contributed by atoms with Gasteiger partial charge in [0.15, 0.2) is 0 Å². The first-order valence-electron chi connectivity index (χ1n) is 5.74. The minimum Gasteiger partial charge on any atom is -0.398 e. The summed E-state index contributed by atoms with van der Waals surface area (Å²) in [7, 11) is 0. The van der Waals surface area contributed by atoms with E-state index >= 15 is 0 Å². The molecule has 0 aliphatic rings. The molecule has 1 aromatic heterocycles. The number of nitrogen functional groups attached to an aromatic ring is 1. The Morgan fingerprint density at radius 1 is 1.47 bits per heavy atom. The standard InChI is InChI=1S/C13H14BrN3O2/c1-7-10(8(2)19-17-7)6-16-13(18)9-4-3-5-11(15)12(9)14/h3-5H,6,15H2,1-2H3,(H,16,18). The summed E-state index contributed by atoms with van der Waals surface area (Å²) in [6, 6.07) is 5.18. The van der Waals surface area contributed by atoms with Crippen LogP contribution < -0.4 is 11.1 Å². The number of nitrogens with two attached hydrogens (primary N) is 1. The molecule has 0 unspecified atom stereocenters. The highest BCUT2D eigenvalue weighted by molar-refractivity contribution is 9.10. The Morgan fingerprint density at radius 2 is 2.21 bits per heavy atom. The van der Waals surface area contributed by atoms with Gasteiger partial charge in [0.1, 0.15) is 5.76 Å². The number of amides is 1. The smallest absolute Gasteiger partial charge is 0.252 e. The van der Waals surface area contributed by atoms with Gasteiger partial charge in [-0.1, -0.05) is 11.2 Å². The summed E-state index contributed by atoms with van der Waals surface area (Å²) >= 11 is 3.31. The summed E-state index contributed by atoms with van der Waals surface area (Å²) < 4.78 is 5.65. The van der Waals surface area contributed by atoms with Crippen LogP contribution >= 0.6 is 15.9 Å². The van der Waals surface area contributed by atoms with E-state index < -0.39 is 0 Å². The fourth-order valence-corrected chi connectivity index (χ4v) is 2.19. The van der Waals surface area contributed by atoms with Crippen LogP contribution in [0.3, 0.4) is 0 Å². The number of hydrogen-bond acceptors (Lipinski definition) is 4. The lowest BCUT2D eigenvalue weighted by molar-refractivity contribution is 0.0950. The second-order valence-electron chi connectivity index (χ2n) is 4.19. The molecule has 0 bridgehead atoms. The molecule has 3 N–H and O–H groups in total. The first kappa shape index (κ1) is 13.6. The van der Waals surface area contributed by atoms with E-state index in [4.69, 9.17) is 10.3 Å².